The quantitative estimate of drug-likeness (QED) is 0.669. The number of nitrogen functional groups attached to an aromatic ring is 1. The van der Waals surface area contributed by atoms with Gasteiger partial charge in [-0.25, -0.2) is 0 Å². The normalized spacial score (nSPS) is 9.30. The Morgan fingerprint density at radius 3 is 2.60 bits per heavy atom. The molecule has 0 radical (unpaired) electrons. The van der Waals surface area contributed by atoms with E-state index in [1.165, 1.54) is 4.68 Å². The van der Waals surface area contributed by atoms with Gasteiger partial charge < -0.3 is 5.73 Å². The molecule has 1 heterocycles. The highest BCUT2D eigenvalue weighted by molar-refractivity contribution is 9.10. The summed E-state index contributed by atoms with van der Waals surface area (Å²) in [6, 6.07) is 1.96. The van der Waals surface area contributed by atoms with Crippen molar-refractivity contribution < 1.29 is 0 Å². The van der Waals surface area contributed by atoms with Crippen LogP contribution in [0.1, 0.15) is 5.69 Å². The van der Waals surface area contributed by atoms with Gasteiger partial charge in [0.15, 0.2) is 11.5 Å². The van der Waals surface area contributed by atoms with Crippen LogP contribution in [0.3, 0.4) is 0 Å². The third-order valence-corrected chi connectivity index (χ3v) is 1.90. The lowest BCUT2D eigenvalue weighted by Gasteiger charge is -1.86. The zero-order valence-corrected chi connectivity index (χ0v) is 6.88. The van der Waals surface area contributed by atoms with Crippen molar-refractivity contribution >= 4 is 21.7 Å². The Kier molecular flexibility index (Phi) is 1.64. The van der Waals surface area contributed by atoms with E-state index in [0.29, 0.717) is 16.0 Å². The van der Waals surface area contributed by atoms with Crippen molar-refractivity contribution in [1.29, 1.82) is 5.26 Å². The Balaban J connectivity index is 3.37. The van der Waals surface area contributed by atoms with E-state index < -0.39 is 0 Å². The smallest absolute Gasteiger partial charge is 0.161 e. The number of rotatable bonds is 0. The standard InChI is InChI=1S/C5H5BrN4/c1-10-3(2-7)4(6)5(8)9-10/h1H3,(H2,8,9). The van der Waals surface area contributed by atoms with Crippen LogP contribution in [0.15, 0.2) is 4.47 Å². The van der Waals surface area contributed by atoms with Gasteiger partial charge >= 0.3 is 0 Å². The van der Waals surface area contributed by atoms with E-state index >= 15 is 0 Å². The van der Waals surface area contributed by atoms with Crippen LogP contribution in [-0.4, -0.2) is 9.78 Å². The molecular formula is C5H5BrN4. The molecule has 0 amide bonds. The molecule has 1 aromatic heterocycles. The van der Waals surface area contributed by atoms with Crippen LogP contribution < -0.4 is 5.73 Å². The van der Waals surface area contributed by atoms with Crippen LogP contribution in [-0.2, 0) is 7.05 Å². The molecule has 0 saturated carbocycles. The molecule has 0 saturated heterocycles. The van der Waals surface area contributed by atoms with Gasteiger partial charge in [0.05, 0.1) is 4.47 Å². The van der Waals surface area contributed by atoms with E-state index in [-0.39, 0.29) is 0 Å². The Bertz CT molecular complexity index is 295. The van der Waals surface area contributed by atoms with Gasteiger partial charge in [-0.15, -0.1) is 0 Å². The highest BCUT2D eigenvalue weighted by atomic mass is 79.9. The van der Waals surface area contributed by atoms with E-state index in [1.54, 1.807) is 7.05 Å². The van der Waals surface area contributed by atoms with Gasteiger partial charge in [0.25, 0.3) is 0 Å². The fourth-order valence-electron chi connectivity index (χ4n) is 0.640. The molecule has 1 rings (SSSR count). The molecule has 0 unspecified atom stereocenters. The molecule has 0 bridgehead atoms. The van der Waals surface area contributed by atoms with Gasteiger partial charge in [0.1, 0.15) is 6.07 Å². The second-order valence-corrected chi connectivity index (χ2v) is 2.58. The molecule has 2 N–H and O–H groups in total. The maximum Gasteiger partial charge on any atom is 0.161 e. The zero-order chi connectivity index (χ0) is 7.72. The number of halogens is 1. The molecule has 0 aliphatic heterocycles. The van der Waals surface area contributed by atoms with Crippen LogP contribution >= 0.6 is 15.9 Å². The molecule has 0 aromatic carbocycles. The van der Waals surface area contributed by atoms with Crippen molar-refractivity contribution in [3.8, 4) is 6.07 Å². The molecule has 0 aliphatic carbocycles. The van der Waals surface area contributed by atoms with Crippen LogP contribution in [0.25, 0.3) is 0 Å². The summed E-state index contributed by atoms with van der Waals surface area (Å²) in [5, 5.41) is 12.3. The fourth-order valence-corrected chi connectivity index (χ4v) is 1.06. The Morgan fingerprint density at radius 1 is 1.80 bits per heavy atom. The van der Waals surface area contributed by atoms with E-state index in [1.807, 2.05) is 6.07 Å². The molecule has 0 atom stereocenters. The average Bonchev–Trinajstić information content (AvgIpc) is 2.09. The van der Waals surface area contributed by atoms with Gasteiger partial charge in [-0.2, -0.15) is 10.4 Å². The van der Waals surface area contributed by atoms with Crippen LogP contribution in [0.2, 0.25) is 0 Å². The van der Waals surface area contributed by atoms with Crippen LogP contribution in [0.5, 0.6) is 0 Å². The summed E-state index contributed by atoms with van der Waals surface area (Å²) >= 11 is 3.13. The zero-order valence-electron chi connectivity index (χ0n) is 5.30. The number of nitrogens with zero attached hydrogens (tertiary/aromatic N) is 3. The van der Waals surface area contributed by atoms with Crippen molar-refractivity contribution in [1.82, 2.24) is 9.78 Å². The van der Waals surface area contributed by atoms with Crippen molar-refractivity contribution in [2.24, 2.45) is 7.05 Å². The Hall–Kier alpha value is -1.02. The summed E-state index contributed by atoms with van der Waals surface area (Å²) in [7, 11) is 1.67. The van der Waals surface area contributed by atoms with Crippen molar-refractivity contribution in [2.45, 2.75) is 0 Å². The van der Waals surface area contributed by atoms with Gasteiger partial charge in [0.2, 0.25) is 0 Å². The van der Waals surface area contributed by atoms with Crippen molar-refractivity contribution in [3.63, 3.8) is 0 Å². The second kappa shape index (κ2) is 2.31. The first-order valence-corrected chi connectivity index (χ1v) is 3.34. The van der Waals surface area contributed by atoms with Crippen molar-refractivity contribution in [3.05, 3.63) is 10.2 Å². The summed E-state index contributed by atoms with van der Waals surface area (Å²) in [5.41, 5.74) is 5.83. The van der Waals surface area contributed by atoms with E-state index in [9.17, 15) is 0 Å². The fraction of sp³-hybridized carbons (Fsp3) is 0.200. The molecular weight excluding hydrogens is 196 g/mol. The lowest BCUT2D eigenvalue weighted by molar-refractivity contribution is 0.759. The van der Waals surface area contributed by atoms with Gasteiger partial charge in [-0.3, -0.25) is 4.68 Å². The number of nitrogens with two attached hydrogens (primary N) is 1. The van der Waals surface area contributed by atoms with Crippen LogP contribution in [0.4, 0.5) is 5.82 Å². The minimum Gasteiger partial charge on any atom is -0.381 e. The number of nitriles is 1. The van der Waals surface area contributed by atoms with Crippen molar-refractivity contribution in [2.75, 3.05) is 5.73 Å². The number of hydrogen-bond acceptors (Lipinski definition) is 3. The summed E-state index contributed by atoms with van der Waals surface area (Å²) in [4.78, 5) is 0. The monoisotopic (exact) mass is 200 g/mol. The number of anilines is 1. The first kappa shape index (κ1) is 7.09. The first-order chi connectivity index (χ1) is 4.66. The summed E-state index contributed by atoms with van der Waals surface area (Å²) < 4.78 is 2.00. The first-order valence-electron chi connectivity index (χ1n) is 2.55. The predicted octanol–water partition coefficient (Wildman–Crippen LogP) is 0.636. The molecule has 5 heteroatoms. The topological polar surface area (TPSA) is 67.6 Å². The summed E-state index contributed by atoms with van der Waals surface area (Å²) in [6.07, 6.45) is 0. The maximum absolute atomic E-state index is 8.52. The van der Waals surface area contributed by atoms with E-state index in [2.05, 4.69) is 21.0 Å². The lowest BCUT2D eigenvalue weighted by Crippen LogP contribution is -1.94. The lowest BCUT2D eigenvalue weighted by atomic mass is 10.4. The van der Waals surface area contributed by atoms with Gasteiger partial charge in [0, 0.05) is 7.05 Å². The number of aryl methyl sites for hydroxylation is 1. The highest BCUT2D eigenvalue weighted by Gasteiger charge is 2.08. The third kappa shape index (κ3) is 0.866. The highest BCUT2D eigenvalue weighted by Crippen LogP contribution is 2.21. The molecule has 52 valence electrons. The molecule has 1 aromatic rings. The minimum atomic E-state index is 0.346. The molecule has 0 spiro atoms. The Morgan fingerprint density at radius 2 is 2.40 bits per heavy atom. The Labute approximate surface area is 66.4 Å². The molecule has 0 aliphatic rings. The van der Waals surface area contributed by atoms with Crippen LogP contribution in [0, 0.1) is 11.3 Å². The predicted molar refractivity (Wildman–Crippen MR) is 40.0 cm³/mol. The second-order valence-electron chi connectivity index (χ2n) is 1.78. The largest absolute Gasteiger partial charge is 0.381 e. The molecule has 10 heavy (non-hydrogen) atoms. The summed E-state index contributed by atoms with van der Waals surface area (Å²) in [6.45, 7) is 0. The third-order valence-electron chi connectivity index (χ3n) is 1.12. The molecule has 4 nitrogen and oxygen atoms in total. The number of hydrogen-bond donors (Lipinski definition) is 1. The van der Waals surface area contributed by atoms with Gasteiger partial charge in [-0.05, 0) is 15.9 Å². The summed E-state index contributed by atoms with van der Waals surface area (Å²) in [5.74, 6) is 0.346. The minimum absolute atomic E-state index is 0.346. The SMILES string of the molecule is Cn1nc(N)c(Br)c1C#N. The maximum atomic E-state index is 8.52. The van der Waals surface area contributed by atoms with E-state index in [4.69, 9.17) is 11.0 Å². The van der Waals surface area contributed by atoms with E-state index in [0.717, 1.165) is 0 Å². The molecule has 0 fully saturated rings. The average molecular weight is 201 g/mol. The van der Waals surface area contributed by atoms with Gasteiger partial charge in [-0.1, -0.05) is 0 Å². The number of aromatic nitrogens is 2.